The van der Waals surface area contributed by atoms with Crippen LogP contribution < -0.4 is 0 Å². The van der Waals surface area contributed by atoms with E-state index in [4.69, 9.17) is 0 Å². The minimum Gasteiger partial charge on any atom is -0.298 e. The first kappa shape index (κ1) is 45.9. The van der Waals surface area contributed by atoms with Crippen molar-refractivity contribution >= 4 is 67.1 Å². The summed E-state index contributed by atoms with van der Waals surface area (Å²) < 4.78 is 58.8. The SMILES string of the molecule is Cc1ccc(S(=O)(=O)N2CCCSCCSCCCN(Cc3ccc(CN4CCCSCCSCCCN(S(=O)(=O)c5ccc(C)cc5)CC4)cc3)CC2)cc1. The molecule has 0 aromatic heterocycles. The molecule has 0 saturated carbocycles. The molecule has 0 spiro atoms. The van der Waals surface area contributed by atoms with Gasteiger partial charge in [-0.2, -0.15) is 55.7 Å². The average molecular weight is 879 g/mol. The molecule has 2 aliphatic rings. The Bertz CT molecular complexity index is 1660. The normalized spacial score (nSPS) is 20.2. The van der Waals surface area contributed by atoms with Crippen LogP contribution >= 0.6 is 47.0 Å². The highest BCUT2D eigenvalue weighted by Gasteiger charge is 2.26. The van der Waals surface area contributed by atoms with Crippen LogP contribution in [0.4, 0.5) is 0 Å². The molecule has 0 amide bonds. The maximum absolute atomic E-state index is 13.8. The van der Waals surface area contributed by atoms with E-state index in [1.165, 1.54) is 11.1 Å². The number of thioether (sulfide) groups is 4. The predicted octanol–water partition coefficient (Wildman–Crippen LogP) is 7.81. The maximum Gasteiger partial charge on any atom is 0.243 e. The van der Waals surface area contributed by atoms with Crippen molar-refractivity contribution in [3.05, 3.63) is 95.1 Å². The van der Waals surface area contributed by atoms with Crippen LogP contribution in [0.3, 0.4) is 0 Å². The quantitative estimate of drug-likeness (QED) is 0.224. The number of nitrogens with zero attached hydrogens (tertiary/aromatic N) is 4. The Labute approximate surface area is 355 Å². The van der Waals surface area contributed by atoms with Gasteiger partial charge >= 0.3 is 0 Å². The molecule has 8 nitrogen and oxygen atoms in total. The standard InChI is InChI=1S/C42H62N4O4S6/c1-37-7-15-41(16-8-37)55(47,48)45-21-5-29-53-33-31-51-27-3-19-43(23-25-45)35-39-11-13-40(14-12-39)36-44-20-4-28-52-32-34-54-30-6-22-46(26-24-44)56(49,50)42-17-9-38(2)10-18-42/h7-18H,3-6,19-36H2,1-2H3. The van der Waals surface area contributed by atoms with Gasteiger partial charge in [0.05, 0.1) is 9.79 Å². The monoisotopic (exact) mass is 878 g/mol. The summed E-state index contributed by atoms with van der Waals surface area (Å²) in [7, 11) is -7.19. The molecule has 56 heavy (non-hydrogen) atoms. The Hall–Kier alpha value is -1.20. The predicted molar refractivity (Wildman–Crippen MR) is 245 cm³/mol. The first-order valence-electron chi connectivity index (χ1n) is 20.1. The van der Waals surface area contributed by atoms with Crippen molar-refractivity contribution in [3.63, 3.8) is 0 Å². The molecule has 2 heterocycles. The Kier molecular flexibility index (Phi) is 19.8. The summed E-state index contributed by atoms with van der Waals surface area (Å²) >= 11 is 7.90. The number of hydrogen-bond acceptors (Lipinski definition) is 10. The molecular formula is C42H62N4O4S6. The van der Waals surface area contributed by atoms with Crippen molar-refractivity contribution in [3.8, 4) is 0 Å². The van der Waals surface area contributed by atoms with Crippen LogP contribution in [-0.4, -0.2) is 134 Å². The van der Waals surface area contributed by atoms with E-state index in [9.17, 15) is 16.8 Å². The molecule has 14 heteroatoms. The Morgan fingerprint density at radius 1 is 0.411 bits per heavy atom. The molecule has 2 fully saturated rings. The minimum atomic E-state index is -3.59. The van der Waals surface area contributed by atoms with E-state index in [2.05, 4.69) is 34.1 Å². The zero-order chi connectivity index (χ0) is 39.6. The van der Waals surface area contributed by atoms with Crippen LogP contribution in [0.2, 0.25) is 0 Å². The van der Waals surface area contributed by atoms with Crippen LogP contribution in [0.25, 0.3) is 0 Å². The smallest absolute Gasteiger partial charge is 0.243 e. The molecule has 5 rings (SSSR count). The molecule has 3 aromatic carbocycles. The van der Waals surface area contributed by atoms with Gasteiger partial charge < -0.3 is 0 Å². The molecule has 2 aliphatic heterocycles. The van der Waals surface area contributed by atoms with Gasteiger partial charge in [0.15, 0.2) is 0 Å². The highest BCUT2D eigenvalue weighted by Crippen LogP contribution is 2.22. The molecular weight excluding hydrogens is 817 g/mol. The van der Waals surface area contributed by atoms with Gasteiger partial charge in [0.1, 0.15) is 0 Å². The lowest BCUT2D eigenvalue weighted by atomic mass is 10.1. The molecule has 310 valence electrons. The minimum absolute atomic E-state index is 0.372. The lowest BCUT2D eigenvalue weighted by Gasteiger charge is -2.28. The molecule has 2 saturated heterocycles. The van der Waals surface area contributed by atoms with E-state index < -0.39 is 20.0 Å². The molecule has 0 N–H and O–H groups in total. The Morgan fingerprint density at radius 3 is 1.07 bits per heavy atom. The van der Waals surface area contributed by atoms with E-state index >= 15 is 0 Å². The summed E-state index contributed by atoms with van der Waals surface area (Å²) in [5.41, 5.74) is 4.54. The second-order valence-electron chi connectivity index (χ2n) is 14.7. The van der Waals surface area contributed by atoms with E-state index in [1.54, 1.807) is 32.9 Å². The molecule has 0 bridgehead atoms. The van der Waals surface area contributed by atoms with Crippen LogP contribution in [0.1, 0.15) is 47.9 Å². The van der Waals surface area contributed by atoms with Crippen molar-refractivity contribution in [2.75, 3.05) is 98.4 Å². The third kappa shape index (κ3) is 15.1. The summed E-state index contributed by atoms with van der Waals surface area (Å²) in [6.07, 6.45) is 3.83. The maximum atomic E-state index is 13.8. The molecule has 0 aliphatic carbocycles. The summed E-state index contributed by atoms with van der Waals surface area (Å²) in [5, 5.41) is 0. The molecule has 0 atom stereocenters. The molecule has 3 aromatic rings. The summed E-state index contributed by atoms with van der Waals surface area (Å²) in [5.74, 6) is 8.63. The second-order valence-corrected chi connectivity index (χ2v) is 23.4. The molecule has 0 unspecified atom stereocenters. The van der Waals surface area contributed by atoms with E-state index in [1.807, 2.05) is 85.2 Å². The zero-order valence-electron chi connectivity index (χ0n) is 33.4. The Balaban J connectivity index is 1.25. The average Bonchev–Trinajstić information content (AvgIpc) is 3.18. The fourth-order valence-corrected chi connectivity index (χ4v) is 13.8. The summed E-state index contributed by atoms with van der Waals surface area (Å²) in [6, 6.07) is 23.4. The number of aryl methyl sites for hydroxylation is 2. The topological polar surface area (TPSA) is 81.2 Å². The van der Waals surface area contributed by atoms with Crippen LogP contribution in [0, 0.1) is 13.8 Å². The fraction of sp³-hybridized carbons (Fsp3) is 0.571. The van der Waals surface area contributed by atoms with Crippen molar-refractivity contribution in [1.82, 2.24) is 18.4 Å². The van der Waals surface area contributed by atoms with Crippen LogP contribution in [0.5, 0.6) is 0 Å². The Morgan fingerprint density at radius 2 is 0.732 bits per heavy atom. The number of sulfonamides is 2. The number of rotatable bonds is 8. The zero-order valence-corrected chi connectivity index (χ0v) is 38.3. The van der Waals surface area contributed by atoms with Gasteiger partial charge in [-0.25, -0.2) is 16.8 Å². The fourth-order valence-electron chi connectivity index (χ4n) is 6.85. The highest BCUT2D eigenvalue weighted by atomic mass is 32.2. The largest absolute Gasteiger partial charge is 0.298 e. The first-order chi connectivity index (χ1) is 27.1. The first-order valence-corrected chi connectivity index (χ1v) is 27.6. The highest BCUT2D eigenvalue weighted by molar-refractivity contribution is 8.03. The van der Waals surface area contributed by atoms with Crippen molar-refractivity contribution in [2.45, 2.75) is 62.4 Å². The van der Waals surface area contributed by atoms with E-state index in [-0.39, 0.29) is 0 Å². The van der Waals surface area contributed by atoms with Gasteiger partial charge in [-0.3, -0.25) is 9.80 Å². The van der Waals surface area contributed by atoms with E-state index in [0.29, 0.717) is 49.1 Å². The summed E-state index contributed by atoms with van der Waals surface area (Å²) in [4.78, 5) is 5.59. The van der Waals surface area contributed by atoms with Gasteiger partial charge in [-0.05, 0) is 111 Å². The van der Waals surface area contributed by atoms with Crippen LogP contribution in [-0.2, 0) is 33.1 Å². The van der Waals surface area contributed by atoms with Gasteiger partial charge in [-0.15, -0.1) is 0 Å². The molecule has 0 radical (unpaired) electrons. The second kappa shape index (κ2) is 24.2. The van der Waals surface area contributed by atoms with Gasteiger partial charge in [0, 0.05) is 75.4 Å². The lowest BCUT2D eigenvalue weighted by molar-refractivity contribution is 0.241. The van der Waals surface area contributed by atoms with Crippen LogP contribution in [0.15, 0.2) is 82.6 Å². The van der Waals surface area contributed by atoms with Crippen molar-refractivity contribution in [2.24, 2.45) is 0 Å². The van der Waals surface area contributed by atoms with Gasteiger partial charge in [0.25, 0.3) is 0 Å². The van der Waals surface area contributed by atoms with E-state index in [0.717, 1.165) is 109 Å². The van der Waals surface area contributed by atoms with Crippen molar-refractivity contribution < 1.29 is 16.8 Å². The number of hydrogen-bond donors (Lipinski definition) is 0. The third-order valence-corrected chi connectivity index (χ3v) is 18.8. The van der Waals surface area contributed by atoms with Crippen molar-refractivity contribution in [1.29, 1.82) is 0 Å². The number of benzene rings is 3. The van der Waals surface area contributed by atoms with Gasteiger partial charge in [-0.1, -0.05) is 59.7 Å². The third-order valence-electron chi connectivity index (χ3n) is 10.1. The van der Waals surface area contributed by atoms with Gasteiger partial charge in [0.2, 0.25) is 20.0 Å². The summed E-state index contributed by atoms with van der Waals surface area (Å²) in [6.45, 7) is 10.7. The lowest BCUT2D eigenvalue weighted by Crippen LogP contribution is -2.40.